The molecule has 31 heavy (non-hydrogen) atoms. The number of hydrogen-bond acceptors (Lipinski definition) is 4. The van der Waals surface area contributed by atoms with E-state index in [0.717, 1.165) is 37.0 Å². The Labute approximate surface area is 183 Å². The Morgan fingerprint density at radius 1 is 1.06 bits per heavy atom. The van der Waals surface area contributed by atoms with Crippen molar-refractivity contribution in [2.24, 2.45) is 0 Å². The van der Waals surface area contributed by atoms with Crippen molar-refractivity contribution < 1.29 is 14.3 Å². The molecule has 0 saturated carbocycles. The number of nitrogens with one attached hydrogen (secondary N) is 1. The molecule has 0 fully saturated rings. The molecule has 1 heterocycles. The lowest BCUT2D eigenvalue weighted by Crippen LogP contribution is -2.35. The van der Waals surface area contributed by atoms with E-state index in [1.165, 1.54) is 0 Å². The third-order valence-corrected chi connectivity index (χ3v) is 5.11. The average Bonchev–Trinajstić information content (AvgIpc) is 3.14. The Morgan fingerprint density at radius 2 is 1.81 bits per heavy atom. The highest BCUT2D eigenvalue weighted by molar-refractivity contribution is 5.94. The highest BCUT2D eigenvalue weighted by atomic mass is 16.5. The van der Waals surface area contributed by atoms with Crippen LogP contribution in [-0.4, -0.2) is 46.5 Å². The van der Waals surface area contributed by atoms with Crippen molar-refractivity contribution >= 4 is 22.8 Å². The first-order chi connectivity index (χ1) is 15.1. The molecular formula is C24H30N4O3. The van der Waals surface area contributed by atoms with Crippen LogP contribution < -0.4 is 10.1 Å². The van der Waals surface area contributed by atoms with E-state index in [1.54, 1.807) is 31.4 Å². The van der Waals surface area contributed by atoms with Gasteiger partial charge in [0.2, 0.25) is 5.91 Å². The Kier molecular flexibility index (Phi) is 7.65. The van der Waals surface area contributed by atoms with Gasteiger partial charge in [0.1, 0.15) is 18.1 Å². The second-order valence-corrected chi connectivity index (χ2v) is 7.40. The third kappa shape index (κ3) is 5.42. The fraction of sp³-hybridized carbons (Fsp3) is 0.375. The monoisotopic (exact) mass is 422 g/mol. The number of nitrogens with zero attached hydrogens (tertiary/aromatic N) is 3. The molecule has 0 saturated heterocycles. The van der Waals surface area contributed by atoms with Gasteiger partial charge in [-0.15, -0.1) is 0 Å². The number of rotatable bonds is 10. The number of para-hydroxylation sites is 2. The molecule has 3 aromatic rings. The third-order valence-electron chi connectivity index (χ3n) is 5.11. The minimum Gasteiger partial charge on any atom is -0.497 e. The normalized spacial score (nSPS) is 10.8. The summed E-state index contributed by atoms with van der Waals surface area (Å²) < 4.78 is 7.10. The van der Waals surface area contributed by atoms with E-state index in [9.17, 15) is 9.59 Å². The zero-order valence-electron chi connectivity index (χ0n) is 18.4. The fourth-order valence-electron chi connectivity index (χ4n) is 3.60. The van der Waals surface area contributed by atoms with Gasteiger partial charge in [0.25, 0.3) is 5.91 Å². The Hall–Kier alpha value is -3.35. The summed E-state index contributed by atoms with van der Waals surface area (Å²) >= 11 is 0. The number of fused-ring (bicyclic) bond motifs is 1. The summed E-state index contributed by atoms with van der Waals surface area (Å²) in [6, 6.07) is 14.7. The number of benzene rings is 2. The Bertz CT molecular complexity index is 1040. The minimum absolute atomic E-state index is 0.0622. The molecule has 2 amide bonds. The Morgan fingerprint density at radius 3 is 2.52 bits per heavy atom. The molecular weight excluding hydrogens is 392 g/mol. The summed E-state index contributed by atoms with van der Waals surface area (Å²) in [5.41, 5.74) is 2.20. The number of amides is 2. The van der Waals surface area contributed by atoms with Crippen molar-refractivity contribution in [3.8, 4) is 5.75 Å². The van der Waals surface area contributed by atoms with Crippen molar-refractivity contribution in [3.05, 3.63) is 59.9 Å². The van der Waals surface area contributed by atoms with Gasteiger partial charge < -0.3 is 19.5 Å². The first-order valence-electron chi connectivity index (χ1n) is 10.7. The molecule has 0 atom stereocenters. The number of imidazole rings is 1. The van der Waals surface area contributed by atoms with Gasteiger partial charge in [-0.3, -0.25) is 9.59 Å². The van der Waals surface area contributed by atoms with Crippen LogP contribution in [0.5, 0.6) is 5.75 Å². The van der Waals surface area contributed by atoms with Gasteiger partial charge in [0, 0.05) is 18.7 Å². The van der Waals surface area contributed by atoms with Gasteiger partial charge in [-0.1, -0.05) is 32.0 Å². The van der Waals surface area contributed by atoms with Crippen LogP contribution in [0, 0.1) is 0 Å². The zero-order chi connectivity index (χ0) is 22.2. The van der Waals surface area contributed by atoms with E-state index in [0.29, 0.717) is 17.1 Å². The lowest BCUT2D eigenvalue weighted by molar-refractivity contribution is -0.131. The second kappa shape index (κ2) is 10.6. The maximum Gasteiger partial charge on any atom is 0.251 e. The van der Waals surface area contributed by atoms with Crippen LogP contribution in [0.3, 0.4) is 0 Å². The largest absolute Gasteiger partial charge is 0.497 e. The van der Waals surface area contributed by atoms with E-state index in [2.05, 4.69) is 24.1 Å². The summed E-state index contributed by atoms with van der Waals surface area (Å²) in [7, 11) is 1.57. The maximum absolute atomic E-state index is 13.0. The summed E-state index contributed by atoms with van der Waals surface area (Å²) in [6.45, 7) is 6.04. The van der Waals surface area contributed by atoms with Crippen molar-refractivity contribution in [3.63, 3.8) is 0 Å². The van der Waals surface area contributed by atoms with E-state index in [-0.39, 0.29) is 24.9 Å². The van der Waals surface area contributed by atoms with Gasteiger partial charge in [-0.25, -0.2) is 4.98 Å². The van der Waals surface area contributed by atoms with Crippen molar-refractivity contribution in [1.29, 1.82) is 0 Å². The molecule has 0 aliphatic carbocycles. The number of aromatic nitrogens is 2. The standard InChI is InChI=1S/C24H30N4O3/c1-4-13-27(14-5-2)23(29)17-28-21-12-7-6-11-20(21)26-22(28)16-25-24(30)18-9-8-10-19(15-18)31-3/h6-12,15H,4-5,13-14,16-17H2,1-3H3,(H,25,30). The second-order valence-electron chi connectivity index (χ2n) is 7.40. The zero-order valence-corrected chi connectivity index (χ0v) is 18.4. The molecule has 0 aliphatic heterocycles. The minimum atomic E-state index is -0.220. The first kappa shape index (κ1) is 22.3. The lowest BCUT2D eigenvalue weighted by Gasteiger charge is -2.22. The number of methoxy groups -OCH3 is 1. The van der Waals surface area contributed by atoms with Crippen molar-refractivity contribution in [1.82, 2.24) is 19.8 Å². The van der Waals surface area contributed by atoms with E-state index < -0.39 is 0 Å². The quantitative estimate of drug-likeness (QED) is 0.541. The SMILES string of the molecule is CCCN(CCC)C(=O)Cn1c(CNC(=O)c2cccc(OC)c2)nc2ccccc21. The lowest BCUT2D eigenvalue weighted by atomic mass is 10.2. The van der Waals surface area contributed by atoms with Crippen LogP contribution in [-0.2, 0) is 17.9 Å². The predicted molar refractivity (Wildman–Crippen MR) is 121 cm³/mol. The molecule has 1 aromatic heterocycles. The molecule has 0 spiro atoms. The number of ether oxygens (including phenoxy) is 1. The summed E-state index contributed by atoms with van der Waals surface area (Å²) in [5.74, 6) is 1.12. The van der Waals surface area contributed by atoms with Gasteiger partial charge in [-0.05, 0) is 43.2 Å². The number of carbonyl (C=O) groups excluding carboxylic acids is 2. The van der Waals surface area contributed by atoms with Crippen LogP contribution in [0.4, 0.5) is 0 Å². The average molecular weight is 423 g/mol. The highest BCUT2D eigenvalue weighted by Crippen LogP contribution is 2.17. The molecule has 3 rings (SSSR count). The molecule has 7 heteroatoms. The molecule has 1 N–H and O–H groups in total. The predicted octanol–water partition coefficient (Wildman–Crippen LogP) is 3.62. The Balaban J connectivity index is 1.81. The highest BCUT2D eigenvalue weighted by Gasteiger charge is 2.18. The molecule has 0 radical (unpaired) electrons. The van der Waals surface area contributed by atoms with Crippen molar-refractivity contribution in [2.45, 2.75) is 39.8 Å². The fourth-order valence-corrected chi connectivity index (χ4v) is 3.60. The smallest absolute Gasteiger partial charge is 0.251 e. The van der Waals surface area contributed by atoms with Gasteiger partial charge in [-0.2, -0.15) is 0 Å². The van der Waals surface area contributed by atoms with E-state index in [4.69, 9.17) is 4.74 Å². The maximum atomic E-state index is 13.0. The van der Waals surface area contributed by atoms with Crippen LogP contribution in [0.1, 0.15) is 42.9 Å². The molecule has 0 aliphatic rings. The van der Waals surface area contributed by atoms with E-state index in [1.807, 2.05) is 33.7 Å². The van der Waals surface area contributed by atoms with Gasteiger partial charge in [0.15, 0.2) is 0 Å². The van der Waals surface area contributed by atoms with Crippen molar-refractivity contribution in [2.75, 3.05) is 20.2 Å². The molecule has 2 aromatic carbocycles. The summed E-state index contributed by atoms with van der Waals surface area (Å²) in [4.78, 5) is 32.2. The van der Waals surface area contributed by atoms with E-state index >= 15 is 0 Å². The van der Waals surface area contributed by atoms with Gasteiger partial charge in [0.05, 0.1) is 24.7 Å². The van der Waals surface area contributed by atoms with Crippen LogP contribution in [0.15, 0.2) is 48.5 Å². The number of carbonyl (C=O) groups is 2. The molecule has 0 bridgehead atoms. The first-order valence-corrected chi connectivity index (χ1v) is 10.7. The molecule has 0 unspecified atom stereocenters. The van der Waals surface area contributed by atoms with Crippen LogP contribution in [0.2, 0.25) is 0 Å². The van der Waals surface area contributed by atoms with Gasteiger partial charge >= 0.3 is 0 Å². The molecule has 164 valence electrons. The topological polar surface area (TPSA) is 76.5 Å². The van der Waals surface area contributed by atoms with Crippen LogP contribution >= 0.6 is 0 Å². The summed E-state index contributed by atoms with van der Waals surface area (Å²) in [6.07, 6.45) is 1.83. The molecule has 7 nitrogen and oxygen atoms in total. The van der Waals surface area contributed by atoms with Crippen LogP contribution in [0.25, 0.3) is 11.0 Å². The summed E-state index contributed by atoms with van der Waals surface area (Å²) in [5, 5.41) is 2.92. The number of hydrogen-bond donors (Lipinski definition) is 1.